The number of anilines is 3. The number of piperidine rings is 1. The molecule has 2 aromatic heterocycles. The van der Waals surface area contributed by atoms with E-state index in [9.17, 15) is 0 Å². The average molecular weight is 547 g/mol. The Kier molecular flexibility index (Phi) is 8.17. The minimum absolute atomic E-state index is 0.323. The van der Waals surface area contributed by atoms with E-state index < -0.39 is 0 Å². The summed E-state index contributed by atoms with van der Waals surface area (Å²) in [6, 6.07) is 7.42. The van der Waals surface area contributed by atoms with E-state index in [0.29, 0.717) is 23.4 Å². The molecule has 214 valence electrons. The minimum Gasteiger partial charge on any atom is -0.495 e. The third kappa shape index (κ3) is 5.53. The summed E-state index contributed by atoms with van der Waals surface area (Å²) in [5.74, 6) is 2.08. The predicted octanol–water partition coefficient (Wildman–Crippen LogP) is 3.31. The summed E-state index contributed by atoms with van der Waals surface area (Å²) in [7, 11) is 1.75. The zero-order valence-corrected chi connectivity index (χ0v) is 23.8. The van der Waals surface area contributed by atoms with Crippen LogP contribution in [0.1, 0.15) is 38.3 Å². The van der Waals surface area contributed by atoms with Gasteiger partial charge in [0.15, 0.2) is 5.82 Å². The number of benzene rings is 1. The van der Waals surface area contributed by atoms with Crippen LogP contribution in [-0.2, 0) is 11.2 Å². The first-order chi connectivity index (χ1) is 19.6. The molecule has 3 aromatic rings. The third-order valence-electron chi connectivity index (χ3n) is 8.66. The SMILES string of the molecule is CCc1nc2c(N)ncc(-c3ccc(N4CCC(N5CCNCC5)CC4)c(OC)c3)c2nc1NC1CCOCC1. The predicted molar refractivity (Wildman–Crippen MR) is 160 cm³/mol. The fraction of sp³-hybridized carbons (Fsp3) is 0.567. The number of ether oxygens (including phenoxy) is 2. The lowest BCUT2D eigenvalue weighted by Gasteiger charge is -2.41. The maximum absolute atomic E-state index is 6.32. The number of rotatable bonds is 7. The van der Waals surface area contributed by atoms with Gasteiger partial charge < -0.3 is 30.7 Å². The first kappa shape index (κ1) is 27.0. The number of nitrogens with one attached hydrogen (secondary N) is 2. The summed E-state index contributed by atoms with van der Waals surface area (Å²) in [4.78, 5) is 19.7. The number of methoxy groups -OCH3 is 1. The lowest BCUT2D eigenvalue weighted by atomic mass is 10.00. The van der Waals surface area contributed by atoms with E-state index in [1.54, 1.807) is 7.11 Å². The maximum atomic E-state index is 6.32. The Labute approximate surface area is 236 Å². The second kappa shape index (κ2) is 12.1. The standard InChI is InChI=1S/C30H42N8O2/c1-3-24-30(34-21-8-16-40-17-9-21)36-27-23(19-33-29(31)28(27)35-24)20-4-5-25(26(18-20)39-2)38-12-6-22(7-13-38)37-14-10-32-11-15-37/h4-5,18-19,21-22,32H,3,6-17H2,1-2H3,(H2,31,33)(H,34,36). The Morgan fingerprint density at radius 3 is 2.55 bits per heavy atom. The number of fused-ring (bicyclic) bond motifs is 1. The highest BCUT2D eigenvalue weighted by molar-refractivity contribution is 5.97. The van der Waals surface area contributed by atoms with Crippen LogP contribution in [0.5, 0.6) is 5.75 Å². The van der Waals surface area contributed by atoms with Crippen LogP contribution in [0, 0.1) is 0 Å². The Morgan fingerprint density at radius 1 is 1.05 bits per heavy atom. The molecule has 3 saturated heterocycles. The Morgan fingerprint density at radius 2 is 1.82 bits per heavy atom. The summed E-state index contributed by atoms with van der Waals surface area (Å²) >= 11 is 0. The minimum atomic E-state index is 0.323. The molecule has 0 spiro atoms. The molecule has 0 bridgehead atoms. The summed E-state index contributed by atoms with van der Waals surface area (Å²) in [6.45, 7) is 10.2. The molecular weight excluding hydrogens is 504 g/mol. The van der Waals surface area contributed by atoms with Crippen molar-refractivity contribution in [1.82, 2.24) is 25.2 Å². The van der Waals surface area contributed by atoms with Gasteiger partial charge in [-0.15, -0.1) is 0 Å². The molecule has 6 rings (SSSR count). The molecule has 3 fully saturated rings. The number of hydrogen-bond acceptors (Lipinski definition) is 10. The summed E-state index contributed by atoms with van der Waals surface area (Å²) in [5.41, 5.74) is 11.6. The van der Waals surface area contributed by atoms with Crippen molar-refractivity contribution in [2.24, 2.45) is 0 Å². The molecule has 4 N–H and O–H groups in total. The highest BCUT2D eigenvalue weighted by Crippen LogP contribution is 2.38. The van der Waals surface area contributed by atoms with Crippen molar-refractivity contribution in [3.8, 4) is 16.9 Å². The highest BCUT2D eigenvalue weighted by Gasteiger charge is 2.27. The third-order valence-corrected chi connectivity index (χ3v) is 8.66. The molecule has 3 aliphatic rings. The fourth-order valence-electron chi connectivity index (χ4n) is 6.33. The van der Waals surface area contributed by atoms with Gasteiger partial charge in [-0.25, -0.2) is 15.0 Å². The zero-order valence-electron chi connectivity index (χ0n) is 23.8. The van der Waals surface area contributed by atoms with Gasteiger partial charge in [-0.05, 0) is 49.8 Å². The number of hydrogen-bond donors (Lipinski definition) is 3. The van der Waals surface area contributed by atoms with Crippen molar-refractivity contribution in [3.05, 3.63) is 30.1 Å². The summed E-state index contributed by atoms with van der Waals surface area (Å²) in [5, 5.41) is 7.11. The smallest absolute Gasteiger partial charge is 0.151 e. The van der Waals surface area contributed by atoms with Gasteiger partial charge in [0, 0.05) is 76.3 Å². The molecule has 0 radical (unpaired) electrons. The molecule has 3 aliphatic heterocycles. The number of aryl methyl sites for hydroxylation is 1. The van der Waals surface area contributed by atoms with E-state index in [2.05, 4.69) is 50.5 Å². The lowest BCUT2D eigenvalue weighted by molar-refractivity contribution is 0.0903. The van der Waals surface area contributed by atoms with Gasteiger partial charge >= 0.3 is 0 Å². The van der Waals surface area contributed by atoms with Crippen molar-refractivity contribution in [1.29, 1.82) is 0 Å². The normalized spacial score (nSPS) is 19.7. The molecule has 0 unspecified atom stereocenters. The molecule has 10 heteroatoms. The molecular formula is C30H42N8O2. The number of nitrogen functional groups attached to an aromatic ring is 1. The Bertz CT molecular complexity index is 1310. The van der Waals surface area contributed by atoms with Gasteiger partial charge in [-0.3, -0.25) is 4.90 Å². The molecule has 1 aromatic carbocycles. The number of pyridine rings is 1. The van der Waals surface area contributed by atoms with Crippen molar-refractivity contribution in [2.45, 2.75) is 51.1 Å². The Hall–Kier alpha value is -3.21. The molecule has 40 heavy (non-hydrogen) atoms. The summed E-state index contributed by atoms with van der Waals surface area (Å²) < 4.78 is 11.5. The molecule has 0 amide bonds. The van der Waals surface area contributed by atoms with Gasteiger partial charge in [0.1, 0.15) is 22.6 Å². The van der Waals surface area contributed by atoms with Crippen LogP contribution in [-0.4, -0.2) is 91.5 Å². The van der Waals surface area contributed by atoms with Crippen LogP contribution in [0.3, 0.4) is 0 Å². The van der Waals surface area contributed by atoms with Gasteiger partial charge in [0.25, 0.3) is 0 Å². The van der Waals surface area contributed by atoms with Gasteiger partial charge in [0.2, 0.25) is 0 Å². The van der Waals surface area contributed by atoms with Crippen molar-refractivity contribution in [2.75, 3.05) is 75.5 Å². The molecule has 0 aliphatic carbocycles. The molecule has 0 saturated carbocycles. The van der Waals surface area contributed by atoms with Crippen molar-refractivity contribution >= 4 is 28.4 Å². The van der Waals surface area contributed by atoms with E-state index in [4.69, 9.17) is 25.2 Å². The van der Waals surface area contributed by atoms with Crippen LogP contribution in [0.15, 0.2) is 24.4 Å². The van der Waals surface area contributed by atoms with Crippen LogP contribution in [0.25, 0.3) is 22.2 Å². The monoisotopic (exact) mass is 546 g/mol. The molecule has 10 nitrogen and oxygen atoms in total. The largest absolute Gasteiger partial charge is 0.495 e. The maximum Gasteiger partial charge on any atom is 0.151 e. The quantitative estimate of drug-likeness (QED) is 0.408. The van der Waals surface area contributed by atoms with Gasteiger partial charge in [0.05, 0.1) is 18.5 Å². The first-order valence-corrected chi connectivity index (χ1v) is 14.8. The highest BCUT2D eigenvalue weighted by atomic mass is 16.5. The van der Waals surface area contributed by atoms with Crippen LogP contribution in [0.2, 0.25) is 0 Å². The second-order valence-corrected chi connectivity index (χ2v) is 11.0. The van der Waals surface area contributed by atoms with Gasteiger partial charge in [-0.1, -0.05) is 13.0 Å². The van der Waals surface area contributed by atoms with Crippen LogP contribution in [0.4, 0.5) is 17.3 Å². The van der Waals surface area contributed by atoms with E-state index in [0.717, 1.165) is 111 Å². The second-order valence-electron chi connectivity index (χ2n) is 11.0. The van der Waals surface area contributed by atoms with E-state index in [-0.39, 0.29) is 0 Å². The topological polar surface area (TPSA) is 114 Å². The number of piperazine rings is 1. The number of nitrogens with zero attached hydrogens (tertiary/aromatic N) is 5. The number of aromatic nitrogens is 3. The summed E-state index contributed by atoms with van der Waals surface area (Å²) in [6.07, 6.45) is 6.83. The molecule has 0 atom stereocenters. The van der Waals surface area contributed by atoms with Crippen LogP contribution >= 0.6 is 0 Å². The number of nitrogens with two attached hydrogens (primary N) is 1. The average Bonchev–Trinajstić information content (AvgIpc) is 3.02. The lowest BCUT2D eigenvalue weighted by Crippen LogP contribution is -2.52. The molecule has 5 heterocycles. The van der Waals surface area contributed by atoms with Crippen molar-refractivity contribution in [3.63, 3.8) is 0 Å². The van der Waals surface area contributed by atoms with Crippen LogP contribution < -0.4 is 26.0 Å². The Balaban J connectivity index is 1.28. The fourth-order valence-corrected chi connectivity index (χ4v) is 6.33. The first-order valence-electron chi connectivity index (χ1n) is 14.8. The zero-order chi connectivity index (χ0) is 27.5. The van der Waals surface area contributed by atoms with E-state index in [1.165, 1.54) is 12.8 Å². The van der Waals surface area contributed by atoms with Gasteiger partial charge in [-0.2, -0.15) is 0 Å². The van der Waals surface area contributed by atoms with E-state index >= 15 is 0 Å². The van der Waals surface area contributed by atoms with Crippen molar-refractivity contribution < 1.29 is 9.47 Å². The van der Waals surface area contributed by atoms with E-state index in [1.807, 2.05) is 6.20 Å².